The number of nitrogens with zero attached hydrogens (tertiary/aromatic N) is 1. The number of rotatable bonds is 9. The van der Waals surface area contributed by atoms with Gasteiger partial charge >= 0.3 is 12.1 Å². The number of carboxylic acids is 1. The number of carbonyl (C=O) groups is 1. The van der Waals surface area contributed by atoms with E-state index in [2.05, 4.69) is 19.9 Å². The number of thioether (sulfide) groups is 1. The topological polar surface area (TPSA) is 50.2 Å². The third kappa shape index (κ3) is 6.60. The van der Waals surface area contributed by atoms with Crippen LogP contribution in [0.4, 0.5) is 13.2 Å². The number of aromatic nitrogens is 1. The van der Waals surface area contributed by atoms with Gasteiger partial charge in [-0.05, 0) is 55.2 Å². The van der Waals surface area contributed by atoms with Crippen molar-refractivity contribution in [2.45, 2.75) is 57.0 Å². The molecule has 0 saturated heterocycles. The van der Waals surface area contributed by atoms with E-state index >= 15 is 0 Å². The highest BCUT2D eigenvalue weighted by atomic mass is 32.2. The second-order valence-electron chi connectivity index (χ2n) is 7.95. The zero-order valence-corrected chi connectivity index (χ0v) is 20.3. The highest BCUT2D eigenvalue weighted by molar-refractivity contribution is 7.99. The fourth-order valence-electron chi connectivity index (χ4n) is 3.51. The van der Waals surface area contributed by atoms with Gasteiger partial charge in [-0.25, -0.2) is 4.98 Å². The van der Waals surface area contributed by atoms with E-state index < -0.39 is 17.7 Å². The molecule has 3 rings (SSSR count). The van der Waals surface area contributed by atoms with Crippen LogP contribution < -0.4 is 0 Å². The number of halogens is 3. The average molecular weight is 494 g/mol. The molecule has 33 heavy (non-hydrogen) atoms. The van der Waals surface area contributed by atoms with Crippen LogP contribution in [0.15, 0.2) is 47.4 Å². The highest BCUT2D eigenvalue weighted by Gasteiger charge is 2.30. The van der Waals surface area contributed by atoms with E-state index in [0.717, 1.165) is 55.9 Å². The number of carboxylic acid groups (broad SMARTS) is 1. The van der Waals surface area contributed by atoms with Gasteiger partial charge in [-0.2, -0.15) is 13.2 Å². The van der Waals surface area contributed by atoms with E-state index in [1.807, 2.05) is 19.1 Å². The maximum Gasteiger partial charge on any atom is 0.416 e. The van der Waals surface area contributed by atoms with Gasteiger partial charge in [-0.1, -0.05) is 32.0 Å². The standard InChI is InChI=1S/C25H26F3NO2S2/c1-4-21-23(29-24(33-21)18-5-9-19(10-6-18)25(26,27)28)16(3)14-32-20-11-7-17(15(2)13-20)8-12-22(30)31/h5-7,9-11,13,16H,4,8,12,14H2,1-3H3,(H,30,31). The molecule has 0 spiro atoms. The van der Waals surface area contributed by atoms with E-state index in [1.165, 1.54) is 23.5 Å². The number of alkyl halides is 3. The summed E-state index contributed by atoms with van der Waals surface area (Å²) in [5.41, 5.74) is 3.17. The molecule has 0 fully saturated rings. The van der Waals surface area contributed by atoms with Gasteiger partial charge in [0.15, 0.2) is 0 Å². The number of hydrogen-bond donors (Lipinski definition) is 1. The monoisotopic (exact) mass is 493 g/mol. The predicted octanol–water partition coefficient (Wildman–Crippen LogP) is 7.61. The van der Waals surface area contributed by atoms with Crippen molar-refractivity contribution in [2.75, 3.05) is 5.75 Å². The Bertz CT molecular complexity index is 1110. The maximum absolute atomic E-state index is 12.9. The second kappa shape index (κ2) is 10.7. The predicted molar refractivity (Wildman–Crippen MR) is 128 cm³/mol. The molecule has 0 aliphatic heterocycles. The molecule has 1 heterocycles. The molecule has 3 nitrogen and oxygen atoms in total. The normalized spacial score (nSPS) is 12.7. The SMILES string of the molecule is CCc1sc(-c2ccc(C(F)(F)F)cc2)nc1C(C)CSc1ccc(CCC(=O)O)c(C)c1. The molecule has 0 bridgehead atoms. The van der Waals surface area contributed by atoms with Crippen molar-refractivity contribution in [2.24, 2.45) is 0 Å². The van der Waals surface area contributed by atoms with Crippen LogP contribution in [0.3, 0.4) is 0 Å². The van der Waals surface area contributed by atoms with Gasteiger partial charge in [0.05, 0.1) is 11.3 Å². The Morgan fingerprint density at radius 1 is 1.18 bits per heavy atom. The Labute approximate surface area is 200 Å². The van der Waals surface area contributed by atoms with Gasteiger partial charge in [-0.15, -0.1) is 23.1 Å². The minimum atomic E-state index is -4.35. The zero-order valence-electron chi connectivity index (χ0n) is 18.7. The maximum atomic E-state index is 12.9. The smallest absolute Gasteiger partial charge is 0.416 e. The lowest BCUT2D eigenvalue weighted by Gasteiger charge is -2.12. The molecule has 1 unspecified atom stereocenters. The fraction of sp³-hybridized carbons (Fsp3) is 0.360. The number of thiazole rings is 1. The first kappa shape index (κ1) is 25.3. The van der Waals surface area contributed by atoms with Crippen LogP contribution in [0.2, 0.25) is 0 Å². The Balaban J connectivity index is 1.70. The van der Waals surface area contributed by atoms with Crippen molar-refractivity contribution >= 4 is 29.1 Å². The van der Waals surface area contributed by atoms with Crippen LogP contribution in [0.25, 0.3) is 10.6 Å². The Morgan fingerprint density at radius 2 is 1.88 bits per heavy atom. The first-order valence-electron chi connectivity index (χ1n) is 10.7. The number of benzene rings is 2. The fourth-order valence-corrected chi connectivity index (χ4v) is 5.66. The minimum absolute atomic E-state index is 0.120. The number of hydrogen-bond acceptors (Lipinski definition) is 4. The lowest BCUT2D eigenvalue weighted by molar-refractivity contribution is -0.138. The van der Waals surface area contributed by atoms with Crippen molar-refractivity contribution in [3.05, 3.63) is 69.7 Å². The molecule has 0 aliphatic rings. The summed E-state index contributed by atoms with van der Waals surface area (Å²) in [4.78, 5) is 17.9. The van der Waals surface area contributed by atoms with E-state index in [0.29, 0.717) is 12.0 Å². The van der Waals surface area contributed by atoms with Crippen LogP contribution in [-0.2, 0) is 23.8 Å². The summed E-state index contributed by atoms with van der Waals surface area (Å²) < 4.78 is 38.6. The van der Waals surface area contributed by atoms with Crippen LogP contribution in [0.5, 0.6) is 0 Å². The summed E-state index contributed by atoms with van der Waals surface area (Å²) in [6.45, 7) is 6.18. The zero-order chi connectivity index (χ0) is 24.2. The summed E-state index contributed by atoms with van der Waals surface area (Å²) in [6.07, 6.45) is -2.89. The first-order chi connectivity index (χ1) is 15.6. The first-order valence-corrected chi connectivity index (χ1v) is 12.5. The van der Waals surface area contributed by atoms with Crippen molar-refractivity contribution in [3.8, 4) is 10.6 Å². The molecule has 0 aliphatic carbocycles. The molecule has 1 atom stereocenters. The molecule has 1 aromatic heterocycles. The van der Waals surface area contributed by atoms with Gasteiger partial charge in [0.25, 0.3) is 0 Å². The Kier molecular flexibility index (Phi) is 8.23. The minimum Gasteiger partial charge on any atom is -0.481 e. The van der Waals surface area contributed by atoms with Gasteiger partial charge < -0.3 is 5.11 Å². The third-order valence-electron chi connectivity index (χ3n) is 5.40. The van der Waals surface area contributed by atoms with Crippen LogP contribution in [-0.4, -0.2) is 21.8 Å². The van der Waals surface area contributed by atoms with E-state index in [4.69, 9.17) is 10.1 Å². The molecule has 3 aromatic rings. The van der Waals surface area contributed by atoms with Gasteiger partial charge in [0.1, 0.15) is 5.01 Å². The van der Waals surface area contributed by atoms with Gasteiger partial charge in [0, 0.05) is 33.4 Å². The lowest BCUT2D eigenvalue weighted by atomic mass is 10.0. The quantitative estimate of drug-likeness (QED) is 0.312. The lowest BCUT2D eigenvalue weighted by Crippen LogP contribution is -2.04. The Morgan fingerprint density at radius 3 is 2.45 bits per heavy atom. The summed E-state index contributed by atoms with van der Waals surface area (Å²) in [5.74, 6) is 0.195. The number of aryl methyl sites for hydroxylation is 3. The molecule has 8 heteroatoms. The molecular weight excluding hydrogens is 467 g/mol. The van der Waals surface area contributed by atoms with Crippen LogP contribution in [0, 0.1) is 6.92 Å². The molecule has 0 saturated carbocycles. The summed E-state index contributed by atoms with van der Waals surface area (Å²) in [6, 6.07) is 11.3. The molecule has 176 valence electrons. The van der Waals surface area contributed by atoms with Crippen LogP contribution in [0.1, 0.15) is 53.4 Å². The summed E-state index contributed by atoms with van der Waals surface area (Å²) in [5, 5.41) is 9.62. The van der Waals surface area contributed by atoms with Gasteiger partial charge in [0.2, 0.25) is 0 Å². The van der Waals surface area contributed by atoms with E-state index in [-0.39, 0.29) is 12.3 Å². The van der Waals surface area contributed by atoms with Gasteiger partial charge in [-0.3, -0.25) is 4.79 Å². The average Bonchev–Trinajstić information content (AvgIpc) is 3.21. The molecule has 2 aromatic carbocycles. The highest BCUT2D eigenvalue weighted by Crippen LogP contribution is 2.36. The third-order valence-corrected chi connectivity index (χ3v) is 7.92. The van der Waals surface area contributed by atoms with Crippen molar-refractivity contribution in [1.29, 1.82) is 0 Å². The van der Waals surface area contributed by atoms with Crippen LogP contribution >= 0.6 is 23.1 Å². The number of aliphatic carboxylic acids is 1. The van der Waals surface area contributed by atoms with E-state index in [9.17, 15) is 18.0 Å². The van der Waals surface area contributed by atoms with Crippen molar-refractivity contribution in [1.82, 2.24) is 4.98 Å². The molecule has 0 amide bonds. The van der Waals surface area contributed by atoms with Crippen molar-refractivity contribution < 1.29 is 23.1 Å². The Hall–Kier alpha value is -2.32. The molecule has 0 radical (unpaired) electrons. The molecule has 1 N–H and O–H groups in total. The molecular formula is C25H26F3NO2S2. The van der Waals surface area contributed by atoms with E-state index in [1.54, 1.807) is 11.8 Å². The summed E-state index contributed by atoms with van der Waals surface area (Å²) in [7, 11) is 0. The largest absolute Gasteiger partial charge is 0.481 e. The van der Waals surface area contributed by atoms with Crippen molar-refractivity contribution in [3.63, 3.8) is 0 Å². The second-order valence-corrected chi connectivity index (χ2v) is 10.1. The summed E-state index contributed by atoms with van der Waals surface area (Å²) >= 11 is 3.26.